The van der Waals surface area contributed by atoms with Crippen molar-refractivity contribution in [3.63, 3.8) is 0 Å². The molecule has 4 nitrogen and oxygen atoms in total. The Morgan fingerprint density at radius 1 is 1.21 bits per heavy atom. The van der Waals surface area contributed by atoms with Crippen LogP contribution in [0.2, 0.25) is 0 Å². The number of benzene rings is 1. The molecule has 2 rings (SSSR count). The highest BCUT2D eigenvalue weighted by Gasteiger charge is 2.07. The Bertz CT molecular complexity index is 544. The van der Waals surface area contributed by atoms with Gasteiger partial charge in [0.05, 0.1) is 17.8 Å². The summed E-state index contributed by atoms with van der Waals surface area (Å²) in [6.45, 7) is 2.16. The Hall–Kier alpha value is -1.62. The van der Waals surface area contributed by atoms with Crippen LogP contribution in [0, 0.1) is 0 Å². The van der Waals surface area contributed by atoms with Gasteiger partial charge in [-0.3, -0.25) is 0 Å². The van der Waals surface area contributed by atoms with Crippen molar-refractivity contribution < 1.29 is 9.47 Å². The molecule has 1 aromatic heterocycles. The van der Waals surface area contributed by atoms with E-state index in [-0.39, 0.29) is 6.01 Å². The van der Waals surface area contributed by atoms with E-state index in [0.717, 1.165) is 12.8 Å². The highest BCUT2D eigenvalue weighted by Crippen LogP contribution is 2.25. The van der Waals surface area contributed by atoms with Crippen molar-refractivity contribution >= 4 is 15.9 Å². The van der Waals surface area contributed by atoms with E-state index in [0.29, 0.717) is 16.1 Å². The summed E-state index contributed by atoms with van der Waals surface area (Å²) >= 11 is 3.30. The van der Waals surface area contributed by atoms with Crippen molar-refractivity contribution in [2.24, 2.45) is 0 Å². The highest BCUT2D eigenvalue weighted by molar-refractivity contribution is 9.10. The largest absolute Gasteiger partial charge is 0.480 e. The standard InChI is InChI=1S/C14H15BrN2O2/c1-3-4-10-5-7-11(8-6-10)19-14-16-9-12(15)13(17-14)18-2/h5-9H,3-4H2,1-2H3. The van der Waals surface area contributed by atoms with Crippen molar-refractivity contribution in [1.82, 2.24) is 9.97 Å². The molecule has 0 unspecified atom stereocenters. The summed E-state index contributed by atoms with van der Waals surface area (Å²) in [5.41, 5.74) is 1.30. The van der Waals surface area contributed by atoms with Crippen LogP contribution >= 0.6 is 15.9 Å². The van der Waals surface area contributed by atoms with Crippen molar-refractivity contribution in [3.8, 4) is 17.6 Å². The fourth-order valence-corrected chi connectivity index (χ4v) is 2.00. The first kappa shape index (κ1) is 13.8. The SMILES string of the molecule is CCCc1ccc(Oc2ncc(Br)c(OC)n2)cc1. The molecule has 19 heavy (non-hydrogen) atoms. The maximum absolute atomic E-state index is 5.59. The molecule has 1 aromatic carbocycles. The van der Waals surface area contributed by atoms with Crippen LogP contribution in [0.4, 0.5) is 0 Å². The fraction of sp³-hybridized carbons (Fsp3) is 0.286. The molecule has 0 amide bonds. The molecule has 0 atom stereocenters. The second-order valence-corrected chi connectivity index (χ2v) is 4.86. The second kappa shape index (κ2) is 6.52. The predicted octanol–water partition coefficient (Wildman–Crippen LogP) is 3.99. The van der Waals surface area contributed by atoms with Gasteiger partial charge < -0.3 is 9.47 Å². The van der Waals surface area contributed by atoms with Crippen LogP contribution in [0.5, 0.6) is 17.6 Å². The molecule has 0 fully saturated rings. The molecule has 5 heteroatoms. The van der Waals surface area contributed by atoms with E-state index in [1.54, 1.807) is 13.3 Å². The summed E-state index contributed by atoms with van der Waals surface area (Å²) in [5.74, 6) is 1.16. The van der Waals surface area contributed by atoms with Crippen molar-refractivity contribution in [1.29, 1.82) is 0 Å². The van der Waals surface area contributed by atoms with E-state index in [1.807, 2.05) is 12.1 Å². The molecule has 0 aliphatic carbocycles. The van der Waals surface area contributed by atoms with Gasteiger partial charge in [0.15, 0.2) is 0 Å². The summed E-state index contributed by atoms with van der Waals surface area (Å²) in [6.07, 6.45) is 3.81. The van der Waals surface area contributed by atoms with Crippen LogP contribution in [0.25, 0.3) is 0 Å². The molecule has 0 aliphatic rings. The van der Waals surface area contributed by atoms with Gasteiger partial charge in [0.25, 0.3) is 0 Å². The topological polar surface area (TPSA) is 44.2 Å². The Morgan fingerprint density at radius 2 is 1.95 bits per heavy atom. The zero-order valence-corrected chi connectivity index (χ0v) is 12.5. The van der Waals surface area contributed by atoms with Gasteiger partial charge in [0, 0.05) is 0 Å². The van der Waals surface area contributed by atoms with Crippen LogP contribution in [0.15, 0.2) is 34.9 Å². The van der Waals surface area contributed by atoms with E-state index >= 15 is 0 Å². The molecular formula is C14H15BrN2O2. The summed E-state index contributed by atoms with van der Waals surface area (Å²) in [5, 5.41) is 0. The van der Waals surface area contributed by atoms with Crippen LogP contribution in [-0.4, -0.2) is 17.1 Å². The molecular weight excluding hydrogens is 308 g/mol. The van der Waals surface area contributed by atoms with Gasteiger partial charge in [-0.15, -0.1) is 0 Å². The lowest BCUT2D eigenvalue weighted by Crippen LogP contribution is -1.95. The average Bonchev–Trinajstić information content (AvgIpc) is 2.43. The number of nitrogens with zero attached hydrogens (tertiary/aromatic N) is 2. The third-order valence-electron chi connectivity index (χ3n) is 2.55. The molecule has 2 aromatic rings. The number of ether oxygens (including phenoxy) is 2. The maximum atomic E-state index is 5.59. The molecule has 0 aliphatic heterocycles. The van der Waals surface area contributed by atoms with E-state index in [9.17, 15) is 0 Å². The number of hydrogen-bond donors (Lipinski definition) is 0. The van der Waals surface area contributed by atoms with Crippen molar-refractivity contribution in [3.05, 3.63) is 40.5 Å². The third-order valence-corrected chi connectivity index (χ3v) is 3.10. The van der Waals surface area contributed by atoms with Crippen LogP contribution < -0.4 is 9.47 Å². The number of halogens is 1. The minimum Gasteiger partial charge on any atom is -0.480 e. The summed E-state index contributed by atoms with van der Waals surface area (Å²) in [7, 11) is 1.55. The van der Waals surface area contributed by atoms with E-state index in [1.165, 1.54) is 5.56 Å². The molecule has 100 valence electrons. The number of hydrogen-bond acceptors (Lipinski definition) is 4. The summed E-state index contributed by atoms with van der Waals surface area (Å²) in [4.78, 5) is 8.22. The van der Waals surface area contributed by atoms with E-state index in [2.05, 4.69) is 45.0 Å². The van der Waals surface area contributed by atoms with Crippen LogP contribution in [-0.2, 0) is 6.42 Å². The lowest BCUT2D eigenvalue weighted by Gasteiger charge is -2.07. The molecule has 0 spiro atoms. The van der Waals surface area contributed by atoms with Gasteiger partial charge in [-0.25, -0.2) is 4.98 Å². The number of aromatic nitrogens is 2. The summed E-state index contributed by atoms with van der Waals surface area (Å²) < 4.78 is 11.4. The molecule has 1 heterocycles. The van der Waals surface area contributed by atoms with Crippen molar-refractivity contribution in [2.45, 2.75) is 19.8 Å². The lowest BCUT2D eigenvalue weighted by atomic mass is 10.1. The van der Waals surface area contributed by atoms with Crippen LogP contribution in [0.1, 0.15) is 18.9 Å². The van der Waals surface area contributed by atoms with Gasteiger partial charge in [0.1, 0.15) is 5.75 Å². The minimum atomic E-state index is 0.267. The van der Waals surface area contributed by atoms with Gasteiger partial charge in [-0.05, 0) is 40.0 Å². The Morgan fingerprint density at radius 3 is 2.58 bits per heavy atom. The Balaban J connectivity index is 2.12. The monoisotopic (exact) mass is 322 g/mol. The maximum Gasteiger partial charge on any atom is 0.325 e. The normalized spacial score (nSPS) is 10.3. The zero-order valence-electron chi connectivity index (χ0n) is 10.9. The molecule has 0 N–H and O–H groups in total. The lowest BCUT2D eigenvalue weighted by molar-refractivity contribution is 0.373. The molecule has 0 saturated carbocycles. The average molecular weight is 323 g/mol. The minimum absolute atomic E-state index is 0.267. The van der Waals surface area contributed by atoms with Crippen LogP contribution in [0.3, 0.4) is 0 Å². The number of rotatable bonds is 5. The first-order valence-corrected chi connectivity index (χ1v) is 6.85. The number of aryl methyl sites for hydroxylation is 1. The smallest absolute Gasteiger partial charge is 0.325 e. The van der Waals surface area contributed by atoms with Gasteiger partial charge in [-0.2, -0.15) is 4.98 Å². The van der Waals surface area contributed by atoms with Crippen molar-refractivity contribution in [2.75, 3.05) is 7.11 Å². The Labute approximate surface area is 120 Å². The number of methoxy groups -OCH3 is 1. The second-order valence-electron chi connectivity index (χ2n) is 4.01. The highest BCUT2D eigenvalue weighted by atomic mass is 79.9. The predicted molar refractivity (Wildman–Crippen MR) is 76.8 cm³/mol. The van der Waals surface area contributed by atoms with Gasteiger partial charge >= 0.3 is 6.01 Å². The van der Waals surface area contributed by atoms with E-state index < -0.39 is 0 Å². The van der Waals surface area contributed by atoms with Gasteiger partial charge in [0.2, 0.25) is 5.88 Å². The first-order chi connectivity index (χ1) is 9.22. The zero-order chi connectivity index (χ0) is 13.7. The molecule has 0 bridgehead atoms. The van der Waals surface area contributed by atoms with Gasteiger partial charge in [-0.1, -0.05) is 25.5 Å². The summed E-state index contributed by atoms with van der Waals surface area (Å²) in [6, 6.07) is 8.21. The fourth-order valence-electron chi connectivity index (χ4n) is 1.65. The quantitative estimate of drug-likeness (QED) is 0.834. The Kier molecular flexibility index (Phi) is 4.74. The molecule has 0 radical (unpaired) electrons. The third kappa shape index (κ3) is 3.67. The van der Waals surface area contributed by atoms with E-state index in [4.69, 9.17) is 9.47 Å². The first-order valence-electron chi connectivity index (χ1n) is 6.06. The molecule has 0 saturated heterocycles.